The molecule has 0 aromatic heterocycles. The van der Waals surface area contributed by atoms with E-state index in [1.165, 1.54) is 25.3 Å². The predicted molar refractivity (Wildman–Crippen MR) is 73.6 cm³/mol. The van der Waals surface area contributed by atoms with Crippen LogP contribution in [0.15, 0.2) is 18.2 Å². The minimum Gasteiger partial charge on any atom is -0.493 e. The van der Waals surface area contributed by atoms with Crippen LogP contribution >= 0.6 is 0 Å². The van der Waals surface area contributed by atoms with Crippen LogP contribution in [0.25, 0.3) is 0 Å². The van der Waals surface area contributed by atoms with Crippen LogP contribution in [0.3, 0.4) is 0 Å². The second-order valence-corrected chi connectivity index (χ2v) is 6.11. The van der Waals surface area contributed by atoms with Gasteiger partial charge in [0.05, 0.1) is 6.61 Å². The molecule has 1 aromatic rings. The van der Waals surface area contributed by atoms with Crippen LogP contribution in [0.1, 0.15) is 50.5 Å². The van der Waals surface area contributed by atoms with Crippen LogP contribution in [0.5, 0.6) is 5.75 Å². The van der Waals surface area contributed by atoms with Crippen LogP contribution in [0, 0.1) is 11.7 Å². The fourth-order valence-corrected chi connectivity index (χ4v) is 3.16. The maximum absolute atomic E-state index is 13.5. The lowest BCUT2D eigenvalue weighted by atomic mass is 9.86. The van der Waals surface area contributed by atoms with Gasteiger partial charge in [0.15, 0.2) is 0 Å². The minimum absolute atomic E-state index is 0.220. The smallest absolute Gasteiger partial charge is 0.124 e. The minimum atomic E-state index is -0.392. The Morgan fingerprint density at radius 1 is 1.21 bits per heavy atom. The predicted octanol–water partition coefficient (Wildman–Crippen LogP) is 3.73. The number of rotatable bonds is 4. The third kappa shape index (κ3) is 2.62. The Labute approximate surface area is 114 Å². The highest BCUT2D eigenvalue weighted by atomic mass is 19.1. The van der Waals surface area contributed by atoms with Crippen LogP contribution in [0.4, 0.5) is 4.39 Å². The third-order valence-electron chi connectivity index (χ3n) is 4.67. The summed E-state index contributed by atoms with van der Waals surface area (Å²) in [6.45, 7) is 0.745. The molecular formula is C16H22FNO. The summed E-state index contributed by atoms with van der Waals surface area (Å²) >= 11 is 0. The fourth-order valence-electron chi connectivity index (χ4n) is 3.16. The molecule has 3 heteroatoms. The van der Waals surface area contributed by atoms with Crippen LogP contribution < -0.4 is 10.5 Å². The first-order chi connectivity index (χ1) is 9.17. The van der Waals surface area contributed by atoms with Gasteiger partial charge in [-0.15, -0.1) is 0 Å². The molecule has 0 unspecified atom stereocenters. The zero-order chi connectivity index (χ0) is 13.3. The molecule has 2 aliphatic rings. The van der Waals surface area contributed by atoms with Gasteiger partial charge in [-0.1, -0.05) is 19.3 Å². The molecule has 0 spiro atoms. The van der Waals surface area contributed by atoms with Crippen molar-refractivity contribution in [2.24, 2.45) is 11.7 Å². The average Bonchev–Trinajstić information content (AvgIpc) is 2.77. The number of nitrogens with two attached hydrogens (primary N) is 1. The molecule has 0 radical (unpaired) electrons. The average molecular weight is 263 g/mol. The molecule has 0 saturated heterocycles. The van der Waals surface area contributed by atoms with Gasteiger partial charge in [-0.2, -0.15) is 0 Å². The summed E-state index contributed by atoms with van der Waals surface area (Å²) in [7, 11) is 0. The first-order valence-electron chi connectivity index (χ1n) is 7.39. The first kappa shape index (κ1) is 12.9. The van der Waals surface area contributed by atoms with Crippen molar-refractivity contribution in [3.8, 4) is 5.75 Å². The molecule has 2 N–H and O–H groups in total. The van der Waals surface area contributed by atoms with Crippen molar-refractivity contribution in [2.45, 2.75) is 50.5 Å². The topological polar surface area (TPSA) is 35.2 Å². The molecule has 1 aromatic carbocycles. The first-order valence-corrected chi connectivity index (χ1v) is 7.39. The fraction of sp³-hybridized carbons (Fsp3) is 0.625. The van der Waals surface area contributed by atoms with Crippen molar-refractivity contribution < 1.29 is 9.13 Å². The lowest BCUT2D eigenvalue weighted by molar-refractivity contribution is 0.177. The van der Waals surface area contributed by atoms with E-state index >= 15 is 0 Å². The number of halogens is 1. The highest BCUT2D eigenvalue weighted by molar-refractivity contribution is 5.40. The van der Waals surface area contributed by atoms with Gasteiger partial charge in [0.2, 0.25) is 0 Å². The van der Waals surface area contributed by atoms with Crippen molar-refractivity contribution in [3.05, 3.63) is 29.6 Å². The van der Waals surface area contributed by atoms with Gasteiger partial charge >= 0.3 is 0 Å². The van der Waals surface area contributed by atoms with Gasteiger partial charge in [-0.3, -0.25) is 0 Å². The van der Waals surface area contributed by atoms with E-state index in [0.29, 0.717) is 5.92 Å². The largest absolute Gasteiger partial charge is 0.493 e. The van der Waals surface area contributed by atoms with Gasteiger partial charge in [0.1, 0.15) is 11.6 Å². The summed E-state index contributed by atoms with van der Waals surface area (Å²) in [5, 5.41) is 0. The van der Waals surface area contributed by atoms with E-state index in [9.17, 15) is 4.39 Å². The summed E-state index contributed by atoms with van der Waals surface area (Å²) in [4.78, 5) is 0. The van der Waals surface area contributed by atoms with Crippen molar-refractivity contribution in [2.75, 3.05) is 6.61 Å². The van der Waals surface area contributed by atoms with E-state index in [4.69, 9.17) is 10.5 Å². The normalized spacial score (nSPS) is 22.2. The second kappa shape index (κ2) is 5.12. The van der Waals surface area contributed by atoms with E-state index in [1.54, 1.807) is 12.1 Å². The standard InChI is InChI=1S/C16H22FNO/c17-13-6-7-15(19-11-12-4-3-5-12)14(10-13)16(18)8-1-2-9-16/h6-7,10,12H,1-5,8-9,11,18H2. The third-order valence-corrected chi connectivity index (χ3v) is 4.67. The van der Waals surface area contributed by atoms with Gasteiger partial charge in [0.25, 0.3) is 0 Å². The SMILES string of the molecule is NC1(c2cc(F)ccc2OCC2CCC2)CCCC1. The monoisotopic (exact) mass is 263 g/mol. The number of hydrogen-bond donors (Lipinski definition) is 1. The Morgan fingerprint density at radius 2 is 1.95 bits per heavy atom. The zero-order valence-electron chi connectivity index (χ0n) is 11.3. The quantitative estimate of drug-likeness (QED) is 0.898. The molecule has 0 bridgehead atoms. The van der Waals surface area contributed by atoms with Crippen LogP contribution in [-0.4, -0.2) is 6.61 Å². The summed E-state index contributed by atoms with van der Waals surface area (Å²) < 4.78 is 19.5. The molecule has 104 valence electrons. The van der Waals surface area contributed by atoms with E-state index in [-0.39, 0.29) is 5.82 Å². The Kier molecular flexibility index (Phi) is 3.48. The van der Waals surface area contributed by atoms with E-state index in [1.807, 2.05) is 0 Å². The van der Waals surface area contributed by atoms with Crippen LogP contribution in [-0.2, 0) is 5.54 Å². The van der Waals surface area contributed by atoms with E-state index in [2.05, 4.69) is 0 Å². The molecule has 0 aliphatic heterocycles. The zero-order valence-corrected chi connectivity index (χ0v) is 11.3. The summed E-state index contributed by atoms with van der Waals surface area (Å²) in [6.07, 6.45) is 7.91. The van der Waals surface area contributed by atoms with Crippen molar-refractivity contribution in [1.29, 1.82) is 0 Å². The molecule has 3 rings (SSSR count). The summed E-state index contributed by atoms with van der Waals surface area (Å²) in [6, 6.07) is 4.79. The van der Waals surface area contributed by atoms with E-state index < -0.39 is 5.54 Å². The highest BCUT2D eigenvalue weighted by Crippen LogP contribution is 2.41. The van der Waals surface area contributed by atoms with E-state index in [0.717, 1.165) is 43.6 Å². The maximum Gasteiger partial charge on any atom is 0.124 e. The molecule has 19 heavy (non-hydrogen) atoms. The Bertz CT molecular complexity index is 450. The summed E-state index contributed by atoms with van der Waals surface area (Å²) in [5.41, 5.74) is 6.93. The Balaban J connectivity index is 1.81. The van der Waals surface area contributed by atoms with Crippen molar-refractivity contribution in [1.82, 2.24) is 0 Å². The van der Waals surface area contributed by atoms with Crippen molar-refractivity contribution in [3.63, 3.8) is 0 Å². The molecule has 2 fully saturated rings. The second-order valence-electron chi connectivity index (χ2n) is 6.11. The lowest BCUT2D eigenvalue weighted by Gasteiger charge is -2.29. The molecule has 2 saturated carbocycles. The molecule has 0 atom stereocenters. The molecule has 0 amide bonds. The Hall–Kier alpha value is -1.09. The molecule has 2 nitrogen and oxygen atoms in total. The molecule has 0 heterocycles. The number of benzene rings is 1. The van der Waals surface area contributed by atoms with Crippen molar-refractivity contribution >= 4 is 0 Å². The Morgan fingerprint density at radius 3 is 2.58 bits per heavy atom. The van der Waals surface area contributed by atoms with Gasteiger partial charge in [-0.25, -0.2) is 4.39 Å². The molecular weight excluding hydrogens is 241 g/mol. The van der Waals surface area contributed by atoms with Crippen LogP contribution in [0.2, 0.25) is 0 Å². The highest BCUT2D eigenvalue weighted by Gasteiger charge is 2.34. The lowest BCUT2D eigenvalue weighted by Crippen LogP contribution is -2.34. The van der Waals surface area contributed by atoms with Gasteiger partial charge < -0.3 is 10.5 Å². The number of hydrogen-bond acceptors (Lipinski definition) is 2. The molecule has 2 aliphatic carbocycles. The summed E-state index contributed by atoms with van der Waals surface area (Å²) in [5.74, 6) is 1.25. The number of ether oxygens (including phenoxy) is 1. The van der Waals surface area contributed by atoms with Gasteiger partial charge in [0, 0.05) is 11.1 Å². The van der Waals surface area contributed by atoms with Gasteiger partial charge in [-0.05, 0) is 49.8 Å². The maximum atomic E-state index is 13.5.